The van der Waals surface area contributed by atoms with Gasteiger partial charge < -0.3 is 5.11 Å². The SMILES string of the molecule is CCCc1ccc(CCC(C)C(=O)O)cc1. The van der Waals surface area contributed by atoms with Gasteiger partial charge in [0.05, 0.1) is 5.92 Å². The summed E-state index contributed by atoms with van der Waals surface area (Å²) in [4.78, 5) is 10.7. The molecular formula is C14H20O2. The standard InChI is InChI=1S/C14H20O2/c1-3-4-12-7-9-13(10-8-12)6-5-11(2)14(15)16/h7-11H,3-6H2,1-2H3,(H,15,16). The van der Waals surface area contributed by atoms with E-state index in [1.54, 1.807) is 6.92 Å². The molecule has 0 aliphatic rings. The summed E-state index contributed by atoms with van der Waals surface area (Å²) < 4.78 is 0. The van der Waals surface area contributed by atoms with E-state index in [2.05, 4.69) is 31.2 Å². The molecule has 0 aliphatic heterocycles. The minimum absolute atomic E-state index is 0.254. The van der Waals surface area contributed by atoms with Gasteiger partial charge in [-0.15, -0.1) is 0 Å². The first-order chi connectivity index (χ1) is 7.63. The third kappa shape index (κ3) is 4.05. The monoisotopic (exact) mass is 220 g/mol. The summed E-state index contributed by atoms with van der Waals surface area (Å²) in [5.41, 5.74) is 2.59. The average molecular weight is 220 g/mol. The molecule has 2 heteroatoms. The van der Waals surface area contributed by atoms with Crippen molar-refractivity contribution in [2.75, 3.05) is 0 Å². The van der Waals surface area contributed by atoms with Gasteiger partial charge in [-0.05, 0) is 30.4 Å². The highest BCUT2D eigenvalue weighted by Crippen LogP contribution is 2.12. The third-order valence-electron chi connectivity index (χ3n) is 2.85. The van der Waals surface area contributed by atoms with Crippen molar-refractivity contribution in [2.45, 2.75) is 39.5 Å². The number of rotatable bonds is 6. The topological polar surface area (TPSA) is 37.3 Å². The molecule has 1 N–H and O–H groups in total. The summed E-state index contributed by atoms with van der Waals surface area (Å²) in [5, 5.41) is 8.77. The Hall–Kier alpha value is -1.31. The van der Waals surface area contributed by atoms with Crippen molar-refractivity contribution in [1.29, 1.82) is 0 Å². The molecule has 0 aliphatic carbocycles. The van der Waals surface area contributed by atoms with Gasteiger partial charge in [0.1, 0.15) is 0 Å². The van der Waals surface area contributed by atoms with Crippen molar-refractivity contribution >= 4 is 5.97 Å². The number of carboxylic acids is 1. The summed E-state index contributed by atoms with van der Waals surface area (Å²) in [6, 6.07) is 8.51. The van der Waals surface area contributed by atoms with E-state index in [1.165, 1.54) is 11.1 Å². The first-order valence-corrected chi connectivity index (χ1v) is 5.94. The minimum Gasteiger partial charge on any atom is -0.481 e. The lowest BCUT2D eigenvalue weighted by atomic mass is 10.00. The fraction of sp³-hybridized carbons (Fsp3) is 0.500. The lowest BCUT2D eigenvalue weighted by molar-refractivity contribution is -0.141. The van der Waals surface area contributed by atoms with E-state index in [1.807, 2.05) is 0 Å². The van der Waals surface area contributed by atoms with Gasteiger partial charge in [0.2, 0.25) is 0 Å². The Labute approximate surface area is 97.3 Å². The maximum Gasteiger partial charge on any atom is 0.306 e. The van der Waals surface area contributed by atoms with Crippen molar-refractivity contribution in [3.63, 3.8) is 0 Å². The molecular weight excluding hydrogens is 200 g/mol. The molecule has 2 nitrogen and oxygen atoms in total. The number of carboxylic acid groups (broad SMARTS) is 1. The first-order valence-electron chi connectivity index (χ1n) is 5.94. The van der Waals surface area contributed by atoms with E-state index in [4.69, 9.17) is 5.11 Å². The number of aliphatic carboxylic acids is 1. The molecule has 1 unspecified atom stereocenters. The van der Waals surface area contributed by atoms with Crippen molar-refractivity contribution in [3.05, 3.63) is 35.4 Å². The molecule has 0 amide bonds. The Balaban J connectivity index is 2.46. The third-order valence-corrected chi connectivity index (χ3v) is 2.85. The van der Waals surface area contributed by atoms with Crippen LogP contribution in [0.25, 0.3) is 0 Å². The predicted molar refractivity (Wildman–Crippen MR) is 65.6 cm³/mol. The Morgan fingerprint density at radius 2 is 1.69 bits per heavy atom. The molecule has 1 atom stereocenters. The maximum absolute atomic E-state index is 10.7. The van der Waals surface area contributed by atoms with Gasteiger partial charge in [0.15, 0.2) is 0 Å². The van der Waals surface area contributed by atoms with Gasteiger partial charge in [0, 0.05) is 0 Å². The second-order valence-corrected chi connectivity index (χ2v) is 4.34. The molecule has 16 heavy (non-hydrogen) atoms. The van der Waals surface area contributed by atoms with Crippen molar-refractivity contribution in [2.24, 2.45) is 5.92 Å². The summed E-state index contributed by atoms with van der Waals surface area (Å²) in [6.07, 6.45) is 3.84. The number of benzene rings is 1. The zero-order valence-corrected chi connectivity index (χ0v) is 10.1. The van der Waals surface area contributed by atoms with E-state index >= 15 is 0 Å². The van der Waals surface area contributed by atoms with E-state index in [9.17, 15) is 4.79 Å². The van der Waals surface area contributed by atoms with Gasteiger partial charge in [-0.1, -0.05) is 44.5 Å². The van der Waals surface area contributed by atoms with Crippen LogP contribution >= 0.6 is 0 Å². The molecule has 1 aromatic carbocycles. The van der Waals surface area contributed by atoms with Crippen LogP contribution in [0.1, 0.15) is 37.8 Å². The lowest BCUT2D eigenvalue weighted by Crippen LogP contribution is -2.10. The molecule has 0 saturated carbocycles. The molecule has 0 heterocycles. The normalized spacial score (nSPS) is 12.4. The second kappa shape index (κ2) is 6.31. The highest BCUT2D eigenvalue weighted by Gasteiger charge is 2.10. The molecule has 0 aromatic heterocycles. The zero-order valence-electron chi connectivity index (χ0n) is 10.1. The van der Waals surface area contributed by atoms with E-state index in [-0.39, 0.29) is 5.92 Å². The van der Waals surface area contributed by atoms with Crippen LogP contribution in [0.15, 0.2) is 24.3 Å². The molecule has 88 valence electrons. The Bertz CT molecular complexity index is 327. The summed E-state index contributed by atoms with van der Waals surface area (Å²) in [5.74, 6) is -0.960. The number of hydrogen-bond donors (Lipinski definition) is 1. The van der Waals surface area contributed by atoms with Crippen molar-refractivity contribution < 1.29 is 9.90 Å². The average Bonchev–Trinajstić information content (AvgIpc) is 2.28. The number of hydrogen-bond acceptors (Lipinski definition) is 1. The summed E-state index contributed by atoms with van der Waals surface area (Å²) in [7, 11) is 0. The van der Waals surface area contributed by atoms with Gasteiger partial charge in [-0.2, -0.15) is 0 Å². The van der Waals surface area contributed by atoms with Crippen LogP contribution in [-0.2, 0) is 17.6 Å². The highest BCUT2D eigenvalue weighted by atomic mass is 16.4. The summed E-state index contributed by atoms with van der Waals surface area (Å²) in [6.45, 7) is 3.93. The Kier molecular flexibility index (Phi) is 5.03. The largest absolute Gasteiger partial charge is 0.481 e. The molecule has 0 bridgehead atoms. The predicted octanol–water partition coefficient (Wildman–Crippen LogP) is 3.29. The van der Waals surface area contributed by atoms with Crippen LogP contribution in [0.2, 0.25) is 0 Å². The number of aryl methyl sites for hydroxylation is 2. The number of carbonyl (C=O) groups is 1. The van der Waals surface area contributed by atoms with E-state index in [0.717, 1.165) is 19.3 Å². The smallest absolute Gasteiger partial charge is 0.306 e. The van der Waals surface area contributed by atoms with E-state index in [0.29, 0.717) is 6.42 Å². The van der Waals surface area contributed by atoms with E-state index < -0.39 is 5.97 Å². The zero-order chi connectivity index (χ0) is 12.0. The quantitative estimate of drug-likeness (QED) is 0.798. The summed E-state index contributed by atoms with van der Waals surface area (Å²) >= 11 is 0. The molecule has 0 fully saturated rings. The second-order valence-electron chi connectivity index (χ2n) is 4.34. The van der Waals surface area contributed by atoms with Crippen LogP contribution in [0.3, 0.4) is 0 Å². The highest BCUT2D eigenvalue weighted by molar-refractivity contribution is 5.69. The van der Waals surface area contributed by atoms with Crippen LogP contribution in [0.4, 0.5) is 0 Å². The Morgan fingerprint density at radius 3 is 2.12 bits per heavy atom. The van der Waals surface area contributed by atoms with Gasteiger partial charge in [0.25, 0.3) is 0 Å². The first kappa shape index (κ1) is 12.8. The fourth-order valence-corrected chi connectivity index (χ4v) is 1.67. The van der Waals surface area contributed by atoms with Crippen LogP contribution in [0.5, 0.6) is 0 Å². The molecule has 0 spiro atoms. The van der Waals surface area contributed by atoms with Crippen molar-refractivity contribution in [3.8, 4) is 0 Å². The van der Waals surface area contributed by atoms with Crippen molar-refractivity contribution in [1.82, 2.24) is 0 Å². The lowest BCUT2D eigenvalue weighted by Gasteiger charge is -2.06. The van der Waals surface area contributed by atoms with Gasteiger partial charge in [-0.25, -0.2) is 0 Å². The molecule has 1 rings (SSSR count). The molecule has 0 radical (unpaired) electrons. The van der Waals surface area contributed by atoms with Gasteiger partial charge in [-0.3, -0.25) is 4.79 Å². The maximum atomic E-state index is 10.7. The molecule has 0 saturated heterocycles. The Morgan fingerprint density at radius 1 is 1.19 bits per heavy atom. The minimum atomic E-state index is -0.706. The van der Waals surface area contributed by atoms with Gasteiger partial charge >= 0.3 is 5.97 Å². The fourth-order valence-electron chi connectivity index (χ4n) is 1.67. The van der Waals surface area contributed by atoms with Crippen LogP contribution < -0.4 is 0 Å². The van der Waals surface area contributed by atoms with Crippen LogP contribution in [-0.4, -0.2) is 11.1 Å². The van der Waals surface area contributed by atoms with Crippen LogP contribution in [0, 0.1) is 5.92 Å². The molecule has 1 aromatic rings.